The number of rotatable bonds is 4. The van der Waals surface area contributed by atoms with E-state index in [0.717, 1.165) is 20.5 Å². The highest BCUT2D eigenvalue weighted by Gasteiger charge is 2.18. The quantitative estimate of drug-likeness (QED) is 0.609. The highest BCUT2D eigenvalue weighted by Crippen LogP contribution is 2.34. The van der Waals surface area contributed by atoms with Crippen molar-refractivity contribution in [1.82, 2.24) is 5.32 Å². The van der Waals surface area contributed by atoms with Gasteiger partial charge in [-0.05, 0) is 66.9 Å². The van der Waals surface area contributed by atoms with E-state index >= 15 is 0 Å². The van der Waals surface area contributed by atoms with Crippen molar-refractivity contribution >= 4 is 43.5 Å². The molecule has 2 aromatic rings. The minimum absolute atomic E-state index is 0.110. The number of hydrogen-bond donors (Lipinski definition) is 1. The summed E-state index contributed by atoms with van der Waals surface area (Å²) in [5, 5.41) is 4.32. The van der Waals surface area contributed by atoms with Crippen LogP contribution in [0.15, 0.2) is 39.3 Å². The Morgan fingerprint density at radius 3 is 2.38 bits per heavy atom. The number of aryl methyl sites for hydroxylation is 2. The van der Waals surface area contributed by atoms with Crippen LogP contribution in [0.4, 0.5) is 0 Å². The van der Waals surface area contributed by atoms with Gasteiger partial charge in [0.25, 0.3) is 0 Å². The van der Waals surface area contributed by atoms with Crippen molar-refractivity contribution in [2.75, 3.05) is 6.54 Å². The average Bonchev–Trinajstić information content (AvgIpc) is 2.39. The summed E-state index contributed by atoms with van der Waals surface area (Å²) in [4.78, 5) is 0. The SMILES string of the molecule is CCNC(c1cc(C)cc(Cl)c1)c1cc(Br)c(C)cc1Br. The minimum Gasteiger partial charge on any atom is -0.306 e. The van der Waals surface area contributed by atoms with Gasteiger partial charge in [-0.1, -0.05) is 56.5 Å². The molecular formula is C17H18Br2ClN. The van der Waals surface area contributed by atoms with E-state index in [2.05, 4.69) is 76.1 Å². The van der Waals surface area contributed by atoms with E-state index in [1.807, 2.05) is 12.1 Å². The largest absolute Gasteiger partial charge is 0.306 e. The molecule has 0 aliphatic carbocycles. The fourth-order valence-corrected chi connectivity index (χ4v) is 3.77. The van der Waals surface area contributed by atoms with Crippen molar-refractivity contribution in [3.05, 3.63) is 66.6 Å². The fourth-order valence-electron chi connectivity index (χ4n) is 2.43. The molecule has 112 valence electrons. The number of nitrogens with one attached hydrogen (secondary N) is 1. The normalized spacial score (nSPS) is 12.5. The lowest BCUT2D eigenvalue weighted by Gasteiger charge is -2.22. The van der Waals surface area contributed by atoms with E-state index in [-0.39, 0.29) is 6.04 Å². The highest BCUT2D eigenvalue weighted by molar-refractivity contribution is 9.11. The van der Waals surface area contributed by atoms with Crippen LogP contribution in [0.1, 0.15) is 35.2 Å². The van der Waals surface area contributed by atoms with E-state index in [0.29, 0.717) is 0 Å². The molecule has 0 bridgehead atoms. The zero-order chi connectivity index (χ0) is 15.6. The first kappa shape index (κ1) is 17.0. The molecule has 2 rings (SSSR count). The molecule has 0 fully saturated rings. The zero-order valence-electron chi connectivity index (χ0n) is 12.3. The van der Waals surface area contributed by atoms with Gasteiger partial charge >= 0.3 is 0 Å². The predicted octanol–water partition coefficient (Wildman–Crippen LogP) is 6.18. The summed E-state index contributed by atoms with van der Waals surface area (Å²) < 4.78 is 2.22. The summed E-state index contributed by atoms with van der Waals surface area (Å²) in [5.74, 6) is 0. The zero-order valence-corrected chi connectivity index (χ0v) is 16.2. The van der Waals surface area contributed by atoms with E-state index in [4.69, 9.17) is 11.6 Å². The predicted molar refractivity (Wildman–Crippen MR) is 98.3 cm³/mol. The molecule has 1 nitrogen and oxygen atoms in total. The molecule has 0 amide bonds. The van der Waals surface area contributed by atoms with Crippen LogP contribution in [0.2, 0.25) is 5.02 Å². The fraction of sp³-hybridized carbons (Fsp3) is 0.294. The summed E-state index contributed by atoms with van der Waals surface area (Å²) in [6.45, 7) is 7.15. The van der Waals surface area contributed by atoms with Crippen LogP contribution in [0.25, 0.3) is 0 Å². The van der Waals surface area contributed by atoms with Crippen molar-refractivity contribution in [3.63, 3.8) is 0 Å². The molecule has 4 heteroatoms. The molecular weight excluding hydrogens is 413 g/mol. The molecule has 0 heterocycles. The van der Waals surface area contributed by atoms with E-state index in [1.54, 1.807) is 0 Å². The molecule has 0 aromatic heterocycles. The molecule has 0 aliphatic heterocycles. The number of benzene rings is 2. The molecule has 0 aliphatic rings. The number of halogens is 3. The highest BCUT2D eigenvalue weighted by atomic mass is 79.9. The van der Waals surface area contributed by atoms with Crippen LogP contribution in [0, 0.1) is 13.8 Å². The third-order valence-corrected chi connectivity index (χ3v) is 5.15. The average molecular weight is 432 g/mol. The van der Waals surface area contributed by atoms with E-state index in [9.17, 15) is 0 Å². The maximum Gasteiger partial charge on any atom is 0.0588 e. The molecule has 2 aromatic carbocycles. The Morgan fingerprint density at radius 1 is 1.05 bits per heavy atom. The molecule has 1 N–H and O–H groups in total. The van der Waals surface area contributed by atoms with Crippen LogP contribution in [-0.2, 0) is 0 Å². The summed E-state index contributed by atoms with van der Waals surface area (Å²) in [5.41, 5.74) is 4.76. The summed E-state index contributed by atoms with van der Waals surface area (Å²) in [6, 6.07) is 10.6. The van der Waals surface area contributed by atoms with Gasteiger partial charge in [0.2, 0.25) is 0 Å². The van der Waals surface area contributed by atoms with Crippen LogP contribution in [0.5, 0.6) is 0 Å². The van der Waals surface area contributed by atoms with Gasteiger partial charge in [-0.2, -0.15) is 0 Å². The second-order valence-electron chi connectivity index (χ2n) is 5.18. The Bertz CT molecular complexity index is 635. The van der Waals surface area contributed by atoms with Crippen molar-refractivity contribution in [3.8, 4) is 0 Å². The lowest BCUT2D eigenvalue weighted by molar-refractivity contribution is 0.628. The Hall–Kier alpha value is -0.350. The van der Waals surface area contributed by atoms with Crippen LogP contribution in [-0.4, -0.2) is 6.54 Å². The number of hydrogen-bond acceptors (Lipinski definition) is 1. The molecule has 0 saturated carbocycles. The molecule has 0 saturated heterocycles. The molecule has 0 spiro atoms. The molecule has 1 atom stereocenters. The Kier molecular flexibility index (Phi) is 5.89. The van der Waals surface area contributed by atoms with Gasteiger partial charge in [-0.25, -0.2) is 0 Å². The molecule has 1 unspecified atom stereocenters. The maximum absolute atomic E-state index is 6.23. The smallest absolute Gasteiger partial charge is 0.0588 e. The van der Waals surface area contributed by atoms with Gasteiger partial charge < -0.3 is 5.32 Å². The third kappa shape index (κ3) is 4.10. The van der Waals surface area contributed by atoms with Gasteiger partial charge in [0.15, 0.2) is 0 Å². The molecule has 21 heavy (non-hydrogen) atoms. The Labute approximate surface area is 148 Å². The van der Waals surface area contributed by atoms with E-state index < -0.39 is 0 Å². The molecule has 0 radical (unpaired) electrons. The maximum atomic E-state index is 6.23. The Balaban J connectivity index is 2.55. The van der Waals surface area contributed by atoms with Gasteiger partial charge in [0.05, 0.1) is 6.04 Å². The van der Waals surface area contributed by atoms with Crippen LogP contribution >= 0.6 is 43.5 Å². The summed E-state index contributed by atoms with van der Waals surface area (Å²) in [6.07, 6.45) is 0. The first-order valence-electron chi connectivity index (χ1n) is 6.88. The van der Waals surface area contributed by atoms with Crippen molar-refractivity contribution in [1.29, 1.82) is 0 Å². The monoisotopic (exact) mass is 429 g/mol. The third-order valence-electron chi connectivity index (χ3n) is 3.39. The van der Waals surface area contributed by atoms with Crippen molar-refractivity contribution in [2.24, 2.45) is 0 Å². The minimum atomic E-state index is 0.110. The van der Waals surface area contributed by atoms with Crippen LogP contribution in [0.3, 0.4) is 0 Å². The summed E-state index contributed by atoms with van der Waals surface area (Å²) in [7, 11) is 0. The summed E-state index contributed by atoms with van der Waals surface area (Å²) >= 11 is 13.5. The van der Waals surface area contributed by atoms with Gasteiger partial charge in [0.1, 0.15) is 0 Å². The van der Waals surface area contributed by atoms with E-state index in [1.165, 1.54) is 22.3 Å². The lowest BCUT2D eigenvalue weighted by Crippen LogP contribution is -2.22. The Morgan fingerprint density at radius 2 is 1.76 bits per heavy atom. The van der Waals surface area contributed by atoms with Gasteiger partial charge in [-0.15, -0.1) is 0 Å². The van der Waals surface area contributed by atoms with Crippen molar-refractivity contribution < 1.29 is 0 Å². The first-order valence-corrected chi connectivity index (χ1v) is 8.84. The van der Waals surface area contributed by atoms with Gasteiger partial charge in [-0.3, -0.25) is 0 Å². The van der Waals surface area contributed by atoms with Gasteiger partial charge in [0, 0.05) is 14.0 Å². The lowest BCUT2D eigenvalue weighted by atomic mass is 9.96. The first-order chi connectivity index (χ1) is 9.92. The standard InChI is InChI=1S/C17H18Br2ClN/c1-4-21-17(12-5-10(2)6-13(20)8-12)14-9-15(18)11(3)7-16(14)19/h5-9,17,21H,4H2,1-3H3. The van der Waals surface area contributed by atoms with Crippen molar-refractivity contribution in [2.45, 2.75) is 26.8 Å². The second-order valence-corrected chi connectivity index (χ2v) is 7.32. The van der Waals surface area contributed by atoms with Crippen LogP contribution < -0.4 is 5.32 Å². The topological polar surface area (TPSA) is 12.0 Å². The second kappa shape index (κ2) is 7.28.